The minimum atomic E-state index is -1.03. The summed E-state index contributed by atoms with van der Waals surface area (Å²) in [4.78, 5) is 35.4. The molecule has 1 N–H and O–H groups in total. The summed E-state index contributed by atoms with van der Waals surface area (Å²) in [7, 11) is 0. The Morgan fingerprint density at radius 2 is 2.11 bits per heavy atom. The highest BCUT2D eigenvalue weighted by molar-refractivity contribution is 6.05. The van der Waals surface area contributed by atoms with E-state index in [9.17, 15) is 14.0 Å². The van der Waals surface area contributed by atoms with Gasteiger partial charge in [-0.15, -0.1) is 0 Å². The fourth-order valence-corrected chi connectivity index (χ4v) is 5.37. The minimum Gasteiger partial charge on any atom is -0.474 e. The Bertz CT molecular complexity index is 1390. The van der Waals surface area contributed by atoms with Crippen molar-refractivity contribution in [1.29, 1.82) is 0 Å². The van der Waals surface area contributed by atoms with Crippen LogP contribution in [0.1, 0.15) is 68.5 Å². The van der Waals surface area contributed by atoms with Crippen LogP contribution in [0.2, 0.25) is 0 Å². The maximum atomic E-state index is 13.5. The van der Waals surface area contributed by atoms with Gasteiger partial charge in [0.05, 0.1) is 30.0 Å². The monoisotopic (exact) mass is 481 g/mol. The average Bonchev–Trinajstić information content (AvgIpc) is 3.12. The van der Waals surface area contributed by atoms with Gasteiger partial charge >= 0.3 is 0 Å². The third kappa shape index (κ3) is 3.71. The Morgan fingerprint density at radius 1 is 1.31 bits per heavy atom. The summed E-state index contributed by atoms with van der Waals surface area (Å²) in [6, 6.07) is 2.65. The van der Waals surface area contributed by atoms with E-state index in [0.29, 0.717) is 18.8 Å². The molecule has 9 nitrogen and oxygen atoms in total. The van der Waals surface area contributed by atoms with Gasteiger partial charge in [0.1, 0.15) is 17.4 Å². The highest BCUT2D eigenvalue weighted by atomic mass is 19.1. The van der Waals surface area contributed by atoms with Gasteiger partial charge in [-0.05, 0) is 52.2 Å². The van der Waals surface area contributed by atoms with E-state index in [4.69, 9.17) is 14.5 Å². The van der Waals surface area contributed by atoms with Crippen LogP contribution in [0.15, 0.2) is 35.5 Å². The van der Waals surface area contributed by atoms with Gasteiger partial charge in [0.2, 0.25) is 11.7 Å². The van der Waals surface area contributed by atoms with E-state index in [2.05, 4.69) is 17.2 Å². The fourth-order valence-electron chi connectivity index (χ4n) is 5.37. The third-order valence-electron chi connectivity index (χ3n) is 7.35. The van der Waals surface area contributed by atoms with Gasteiger partial charge in [0.15, 0.2) is 0 Å². The quantitative estimate of drug-likeness (QED) is 0.579. The number of hydrogen-bond acceptors (Lipinski definition) is 6. The molecule has 3 aromatic rings. The van der Waals surface area contributed by atoms with E-state index in [-0.39, 0.29) is 34.3 Å². The molecule has 0 aromatic carbocycles. The zero-order chi connectivity index (χ0) is 24.5. The molecule has 3 fully saturated rings. The summed E-state index contributed by atoms with van der Waals surface area (Å²) in [5, 5.41) is 2.67. The molecule has 3 aromatic heterocycles. The Balaban J connectivity index is 1.35. The van der Waals surface area contributed by atoms with Crippen LogP contribution in [0.4, 0.5) is 10.1 Å². The van der Waals surface area contributed by atoms with Crippen LogP contribution in [0.25, 0.3) is 5.78 Å². The topological polar surface area (TPSA) is 99.8 Å². The lowest BCUT2D eigenvalue weighted by Gasteiger charge is -2.24. The Hall–Kier alpha value is -3.27. The number of ether oxygens (including phenoxy) is 2. The smallest absolute Gasteiger partial charge is 0.274 e. The van der Waals surface area contributed by atoms with Crippen molar-refractivity contribution in [2.75, 3.05) is 11.9 Å². The molecule has 2 aliphatic carbocycles. The summed E-state index contributed by atoms with van der Waals surface area (Å²) in [6.07, 6.45) is 7.01. The molecule has 1 aliphatic heterocycles. The largest absolute Gasteiger partial charge is 0.474 e. The molecule has 4 heterocycles. The second kappa shape index (κ2) is 7.61. The molecule has 0 spiro atoms. The standard InChI is InChI=1S/C25H28FN5O4/c1-14(2)35-21-15(20(32)27-17-5-4-8-31(22(17)33)18-9-16(18)26)10-30-11-19(28-23(30)29-21)25-7-6-24(3,12-25)34-13-25/h4-5,8,10-11,14,16,18H,6-7,9,12-13H2,1-3H3,(H,27,32)/t16-,18-,24-,25-/m1/s1. The molecule has 4 atom stereocenters. The maximum absolute atomic E-state index is 13.5. The molecule has 2 bridgehead atoms. The van der Waals surface area contributed by atoms with Crippen molar-refractivity contribution < 1.29 is 18.7 Å². The van der Waals surface area contributed by atoms with Crippen molar-refractivity contribution in [2.24, 2.45) is 0 Å². The van der Waals surface area contributed by atoms with Gasteiger partial charge < -0.3 is 19.4 Å². The number of alkyl halides is 1. The van der Waals surface area contributed by atoms with Crippen LogP contribution in [0.3, 0.4) is 0 Å². The van der Waals surface area contributed by atoms with Crippen molar-refractivity contribution in [3.8, 4) is 5.88 Å². The lowest BCUT2D eigenvalue weighted by molar-refractivity contribution is -0.00627. The molecule has 10 heteroatoms. The zero-order valence-corrected chi connectivity index (χ0v) is 20.0. The van der Waals surface area contributed by atoms with Gasteiger partial charge in [-0.1, -0.05) is 0 Å². The van der Waals surface area contributed by atoms with E-state index in [0.717, 1.165) is 25.0 Å². The first kappa shape index (κ1) is 22.2. The molecular weight excluding hydrogens is 453 g/mol. The van der Waals surface area contributed by atoms with Gasteiger partial charge in [0, 0.05) is 30.4 Å². The first-order chi connectivity index (χ1) is 16.7. The molecule has 35 heavy (non-hydrogen) atoms. The number of nitrogens with zero attached hydrogens (tertiary/aromatic N) is 4. The van der Waals surface area contributed by atoms with Crippen LogP contribution < -0.4 is 15.6 Å². The lowest BCUT2D eigenvalue weighted by Crippen LogP contribution is -2.26. The van der Waals surface area contributed by atoms with Crippen molar-refractivity contribution in [3.05, 3.63) is 52.3 Å². The summed E-state index contributed by atoms with van der Waals surface area (Å²) in [5.74, 6) is 0.0382. The number of aromatic nitrogens is 4. The van der Waals surface area contributed by atoms with Crippen LogP contribution in [-0.4, -0.2) is 49.3 Å². The first-order valence-electron chi connectivity index (χ1n) is 12.0. The number of nitrogens with one attached hydrogen (secondary N) is 1. The van der Waals surface area contributed by atoms with E-state index < -0.39 is 23.7 Å². The van der Waals surface area contributed by atoms with Crippen molar-refractivity contribution in [3.63, 3.8) is 0 Å². The predicted octanol–water partition coefficient (Wildman–Crippen LogP) is 3.42. The molecule has 6 rings (SSSR count). The summed E-state index contributed by atoms with van der Waals surface area (Å²) < 4.78 is 28.5. The number of pyridine rings is 1. The second-order valence-corrected chi connectivity index (χ2v) is 10.6. The van der Waals surface area contributed by atoms with Crippen molar-refractivity contribution >= 4 is 17.4 Å². The van der Waals surface area contributed by atoms with E-state index in [1.54, 1.807) is 16.7 Å². The number of carbonyl (C=O) groups is 1. The summed E-state index contributed by atoms with van der Waals surface area (Å²) >= 11 is 0. The Labute approximate surface area is 201 Å². The molecule has 184 valence electrons. The van der Waals surface area contributed by atoms with E-state index in [1.165, 1.54) is 16.8 Å². The maximum Gasteiger partial charge on any atom is 0.274 e. The molecule has 0 unspecified atom stereocenters. The number of fused-ring (bicyclic) bond motifs is 3. The highest BCUT2D eigenvalue weighted by Crippen LogP contribution is 2.53. The normalized spacial score (nSPS) is 29.2. The summed E-state index contributed by atoms with van der Waals surface area (Å²) in [6.45, 7) is 6.45. The lowest BCUT2D eigenvalue weighted by atomic mass is 9.84. The predicted molar refractivity (Wildman–Crippen MR) is 126 cm³/mol. The Morgan fingerprint density at radius 3 is 2.74 bits per heavy atom. The molecule has 3 aliphatic rings. The first-order valence-corrected chi connectivity index (χ1v) is 12.0. The number of carbonyl (C=O) groups excluding carboxylic acids is 1. The third-order valence-corrected chi connectivity index (χ3v) is 7.35. The number of amides is 1. The molecule has 0 radical (unpaired) electrons. The molecule has 2 saturated carbocycles. The average molecular weight is 482 g/mol. The van der Waals surface area contributed by atoms with Crippen LogP contribution in [-0.2, 0) is 10.2 Å². The van der Waals surface area contributed by atoms with Gasteiger partial charge in [-0.2, -0.15) is 4.98 Å². The van der Waals surface area contributed by atoms with Gasteiger partial charge in [-0.3, -0.25) is 14.0 Å². The van der Waals surface area contributed by atoms with Gasteiger partial charge in [0.25, 0.3) is 11.5 Å². The number of halogens is 1. The SMILES string of the molecule is CC(C)Oc1nc2nc([C@]34CC[C@](C)(C3)OC4)cn2cc1C(=O)Nc1cccn([C@@H]2C[C@H]2F)c1=O. The molecule has 1 saturated heterocycles. The van der Waals surface area contributed by atoms with Gasteiger partial charge in [-0.25, -0.2) is 9.37 Å². The van der Waals surface area contributed by atoms with E-state index in [1.807, 2.05) is 20.0 Å². The van der Waals surface area contributed by atoms with Crippen molar-refractivity contribution in [2.45, 2.75) is 75.8 Å². The van der Waals surface area contributed by atoms with E-state index >= 15 is 0 Å². The number of anilines is 1. The number of rotatable bonds is 6. The van der Waals surface area contributed by atoms with Crippen LogP contribution >= 0.6 is 0 Å². The van der Waals surface area contributed by atoms with Crippen LogP contribution in [0, 0.1) is 0 Å². The van der Waals surface area contributed by atoms with Crippen LogP contribution in [0.5, 0.6) is 5.88 Å². The Kier molecular flexibility index (Phi) is 4.83. The number of hydrogen-bond donors (Lipinski definition) is 1. The number of imidazole rings is 1. The molecule has 1 amide bonds. The zero-order valence-electron chi connectivity index (χ0n) is 20.0. The second-order valence-electron chi connectivity index (χ2n) is 10.6. The highest BCUT2D eigenvalue weighted by Gasteiger charge is 2.55. The summed E-state index contributed by atoms with van der Waals surface area (Å²) in [5.41, 5.74) is 0.458. The fraction of sp³-hybridized carbons (Fsp3) is 0.520. The van der Waals surface area contributed by atoms with Crippen molar-refractivity contribution in [1.82, 2.24) is 18.9 Å². The minimum absolute atomic E-state index is 0.0748. The molecular formula is C25H28FN5O4.